The SMILES string of the molecule is CC(=O)Nc1ccc(S(=O)(=O)N=C([C@H]2CCC[C@@H]2C)N2CCOCC2)cc1. The Morgan fingerprint density at radius 3 is 2.41 bits per heavy atom. The second-order valence-corrected chi connectivity index (χ2v) is 8.85. The number of anilines is 1. The predicted octanol–water partition coefficient (Wildman–Crippen LogP) is 2.50. The Hall–Kier alpha value is -1.93. The van der Waals surface area contributed by atoms with Crippen molar-refractivity contribution in [2.45, 2.75) is 38.0 Å². The zero-order valence-corrected chi connectivity index (χ0v) is 16.7. The zero-order chi connectivity index (χ0) is 19.4. The molecule has 1 N–H and O–H groups in total. The van der Waals surface area contributed by atoms with E-state index in [2.05, 4.69) is 21.5 Å². The van der Waals surface area contributed by atoms with E-state index in [9.17, 15) is 13.2 Å². The van der Waals surface area contributed by atoms with Crippen LogP contribution in [0.25, 0.3) is 0 Å². The molecule has 27 heavy (non-hydrogen) atoms. The first-order valence-corrected chi connectivity index (χ1v) is 10.9. The lowest BCUT2D eigenvalue weighted by Gasteiger charge is -2.33. The van der Waals surface area contributed by atoms with Gasteiger partial charge in [-0.25, -0.2) is 0 Å². The quantitative estimate of drug-likeness (QED) is 0.627. The Bertz CT molecular complexity index is 799. The summed E-state index contributed by atoms with van der Waals surface area (Å²) in [7, 11) is -3.82. The van der Waals surface area contributed by atoms with Crippen LogP contribution in [0.2, 0.25) is 0 Å². The first-order valence-electron chi connectivity index (χ1n) is 9.42. The average Bonchev–Trinajstić information content (AvgIpc) is 3.06. The smallest absolute Gasteiger partial charge is 0.283 e. The summed E-state index contributed by atoms with van der Waals surface area (Å²) in [4.78, 5) is 13.3. The van der Waals surface area contributed by atoms with E-state index in [1.807, 2.05) is 0 Å². The number of carbonyl (C=O) groups excluding carboxylic acids is 1. The van der Waals surface area contributed by atoms with Crippen LogP contribution in [0.1, 0.15) is 33.1 Å². The molecule has 1 aromatic carbocycles. The molecule has 1 aliphatic carbocycles. The minimum absolute atomic E-state index is 0.132. The van der Waals surface area contributed by atoms with Crippen molar-refractivity contribution in [3.8, 4) is 0 Å². The van der Waals surface area contributed by atoms with Gasteiger partial charge in [0, 0.05) is 31.6 Å². The van der Waals surface area contributed by atoms with E-state index >= 15 is 0 Å². The number of nitrogens with one attached hydrogen (secondary N) is 1. The Kier molecular flexibility index (Phi) is 6.16. The summed E-state index contributed by atoms with van der Waals surface area (Å²) in [5.74, 6) is 1.06. The van der Waals surface area contributed by atoms with Crippen molar-refractivity contribution in [3.63, 3.8) is 0 Å². The van der Waals surface area contributed by atoms with Gasteiger partial charge in [0.25, 0.3) is 10.0 Å². The number of ether oxygens (including phenoxy) is 1. The van der Waals surface area contributed by atoms with Crippen LogP contribution in [-0.2, 0) is 19.6 Å². The summed E-state index contributed by atoms with van der Waals surface area (Å²) in [6.07, 6.45) is 3.16. The van der Waals surface area contributed by atoms with Crippen LogP contribution in [-0.4, -0.2) is 51.4 Å². The molecule has 1 heterocycles. The molecule has 2 atom stereocenters. The zero-order valence-electron chi connectivity index (χ0n) is 15.8. The van der Waals surface area contributed by atoms with Gasteiger partial charge >= 0.3 is 0 Å². The number of hydrogen-bond acceptors (Lipinski definition) is 4. The lowest BCUT2D eigenvalue weighted by Crippen LogP contribution is -2.44. The van der Waals surface area contributed by atoms with Gasteiger partial charge in [-0.15, -0.1) is 4.40 Å². The molecule has 1 saturated carbocycles. The summed E-state index contributed by atoms with van der Waals surface area (Å²) in [5.41, 5.74) is 0.559. The number of sulfonamides is 1. The largest absolute Gasteiger partial charge is 0.378 e. The van der Waals surface area contributed by atoms with Crippen molar-refractivity contribution < 1.29 is 17.9 Å². The van der Waals surface area contributed by atoms with Crippen LogP contribution < -0.4 is 5.32 Å². The number of rotatable bonds is 4. The normalized spacial score (nSPS) is 24.1. The van der Waals surface area contributed by atoms with E-state index < -0.39 is 10.0 Å². The maximum absolute atomic E-state index is 12.9. The van der Waals surface area contributed by atoms with Gasteiger partial charge in [0.1, 0.15) is 5.84 Å². The van der Waals surface area contributed by atoms with E-state index in [0.717, 1.165) is 19.3 Å². The topological polar surface area (TPSA) is 88.1 Å². The number of nitrogens with zero attached hydrogens (tertiary/aromatic N) is 2. The Balaban J connectivity index is 1.90. The minimum Gasteiger partial charge on any atom is -0.378 e. The fourth-order valence-corrected chi connectivity index (χ4v) is 4.85. The highest BCUT2D eigenvalue weighted by atomic mass is 32.2. The molecular formula is C19H27N3O4S. The summed E-state index contributed by atoms with van der Waals surface area (Å²) in [5, 5.41) is 2.63. The standard InChI is InChI=1S/C19H27N3O4S/c1-14-4-3-5-18(14)19(22-10-12-26-13-11-22)21-27(24,25)17-8-6-16(7-9-17)20-15(2)23/h6-9,14,18H,3-5,10-13H2,1-2H3,(H,20,23)/t14-,18-/m0/s1. The third-order valence-electron chi connectivity index (χ3n) is 5.21. The molecule has 7 nitrogen and oxygen atoms in total. The monoisotopic (exact) mass is 393 g/mol. The van der Waals surface area contributed by atoms with E-state index in [1.165, 1.54) is 19.1 Å². The highest BCUT2D eigenvalue weighted by Gasteiger charge is 2.33. The van der Waals surface area contributed by atoms with Gasteiger partial charge < -0.3 is 15.0 Å². The maximum atomic E-state index is 12.9. The van der Waals surface area contributed by atoms with E-state index in [-0.39, 0.29) is 16.7 Å². The predicted molar refractivity (Wildman–Crippen MR) is 104 cm³/mol. The van der Waals surface area contributed by atoms with Crippen LogP contribution in [0, 0.1) is 11.8 Å². The fourth-order valence-electron chi connectivity index (χ4n) is 3.77. The maximum Gasteiger partial charge on any atom is 0.283 e. The van der Waals surface area contributed by atoms with Crippen molar-refractivity contribution in [2.75, 3.05) is 31.6 Å². The van der Waals surface area contributed by atoms with Gasteiger partial charge in [0.15, 0.2) is 0 Å². The molecule has 2 fully saturated rings. The summed E-state index contributed by atoms with van der Waals surface area (Å²) in [6, 6.07) is 6.13. The van der Waals surface area contributed by atoms with Gasteiger partial charge in [-0.05, 0) is 43.0 Å². The van der Waals surface area contributed by atoms with Crippen molar-refractivity contribution in [1.82, 2.24) is 4.90 Å². The molecular weight excluding hydrogens is 366 g/mol. The number of carbonyl (C=O) groups is 1. The Morgan fingerprint density at radius 2 is 1.85 bits per heavy atom. The van der Waals surface area contributed by atoms with Crippen molar-refractivity contribution >= 4 is 27.5 Å². The second-order valence-electron chi connectivity index (χ2n) is 7.24. The molecule has 0 spiro atoms. The van der Waals surface area contributed by atoms with Gasteiger partial charge in [-0.2, -0.15) is 8.42 Å². The molecule has 0 radical (unpaired) electrons. The molecule has 0 aromatic heterocycles. The summed E-state index contributed by atoms with van der Waals surface area (Å²) < 4.78 is 35.6. The molecule has 2 aliphatic rings. The van der Waals surface area contributed by atoms with Crippen molar-refractivity contribution in [1.29, 1.82) is 0 Å². The minimum atomic E-state index is -3.82. The number of hydrogen-bond donors (Lipinski definition) is 1. The van der Waals surface area contributed by atoms with Gasteiger partial charge in [-0.3, -0.25) is 4.79 Å². The number of benzene rings is 1. The Labute approximate surface area is 160 Å². The van der Waals surface area contributed by atoms with Crippen molar-refractivity contribution in [2.24, 2.45) is 16.2 Å². The highest BCUT2D eigenvalue weighted by molar-refractivity contribution is 7.90. The van der Waals surface area contributed by atoms with Crippen molar-refractivity contribution in [3.05, 3.63) is 24.3 Å². The van der Waals surface area contributed by atoms with E-state index in [1.54, 1.807) is 12.1 Å². The molecule has 1 aliphatic heterocycles. The van der Waals surface area contributed by atoms with Crippen LogP contribution in [0.4, 0.5) is 5.69 Å². The lowest BCUT2D eigenvalue weighted by atomic mass is 9.96. The molecule has 8 heteroatoms. The lowest BCUT2D eigenvalue weighted by molar-refractivity contribution is -0.114. The average molecular weight is 394 g/mol. The highest BCUT2D eigenvalue weighted by Crippen LogP contribution is 2.34. The molecule has 148 valence electrons. The first-order chi connectivity index (χ1) is 12.9. The molecule has 1 aromatic rings. The van der Waals surface area contributed by atoms with Crippen LogP contribution in [0.5, 0.6) is 0 Å². The third kappa shape index (κ3) is 4.87. The number of amidine groups is 1. The van der Waals surface area contributed by atoms with Gasteiger partial charge in [0.2, 0.25) is 5.91 Å². The first kappa shape index (κ1) is 19.8. The van der Waals surface area contributed by atoms with E-state index in [0.29, 0.717) is 43.7 Å². The molecule has 1 amide bonds. The van der Waals surface area contributed by atoms with Crippen LogP contribution >= 0.6 is 0 Å². The number of morpholine rings is 1. The molecule has 1 saturated heterocycles. The second kappa shape index (κ2) is 8.39. The molecule has 0 bridgehead atoms. The van der Waals surface area contributed by atoms with Gasteiger partial charge in [0.05, 0.1) is 18.1 Å². The van der Waals surface area contributed by atoms with Gasteiger partial charge in [-0.1, -0.05) is 13.3 Å². The summed E-state index contributed by atoms with van der Waals surface area (Å²) in [6.45, 7) is 6.09. The molecule has 0 unspecified atom stereocenters. The summed E-state index contributed by atoms with van der Waals surface area (Å²) >= 11 is 0. The molecule has 3 rings (SSSR count). The third-order valence-corrected chi connectivity index (χ3v) is 6.51. The fraction of sp³-hybridized carbons (Fsp3) is 0.579. The van der Waals surface area contributed by atoms with E-state index in [4.69, 9.17) is 4.74 Å². The Morgan fingerprint density at radius 1 is 1.19 bits per heavy atom. The van der Waals surface area contributed by atoms with Crippen LogP contribution in [0.15, 0.2) is 33.6 Å². The van der Waals surface area contributed by atoms with Crippen LogP contribution in [0.3, 0.4) is 0 Å². The number of amides is 1.